The number of hydrazone groups is 1. The van der Waals surface area contributed by atoms with E-state index in [0.717, 1.165) is 33.7 Å². The number of aromatic nitrogens is 3. The second-order valence-corrected chi connectivity index (χ2v) is 12.5. The number of nitrogens with one attached hydrogen (secondary N) is 1. The fourth-order valence-corrected chi connectivity index (χ4v) is 6.52. The summed E-state index contributed by atoms with van der Waals surface area (Å²) in [7, 11) is 1.64. The highest BCUT2D eigenvalue weighted by Crippen LogP contribution is 2.34. The topological polar surface area (TPSA) is 102 Å². The SMILES string of the molecule is COc1ccc(C2=NN(C(=O)CSc3nnc(CNC(=O)c4cccs4)n3Cc3ccccc3)C(c3ccc(C)cc3)C2)cc1. The number of carbonyl (C=O) groups is 2. The third kappa shape index (κ3) is 7.16. The van der Waals surface area contributed by atoms with E-state index in [1.807, 2.05) is 77.5 Å². The van der Waals surface area contributed by atoms with Crippen molar-refractivity contribution in [3.8, 4) is 5.75 Å². The van der Waals surface area contributed by atoms with E-state index >= 15 is 0 Å². The van der Waals surface area contributed by atoms with Gasteiger partial charge in [-0.15, -0.1) is 21.5 Å². The number of amides is 2. The van der Waals surface area contributed by atoms with Crippen molar-refractivity contribution >= 4 is 40.6 Å². The average molecular weight is 637 g/mol. The Kier molecular flexibility index (Phi) is 9.37. The molecule has 0 fully saturated rings. The van der Waals surface area contributed by atoms with Gasteiger partial charge in [0.05, 0.1) is 42.6 Å². The molecule has 228 valence electrons. The number of thiophene rings is 1. The smallest absolute Gasteiger partial charge is 0.261 e. The Labute approximate surface area is 270 Å². The predicted molar refractivity (Wildman–Crippen MR) is 177 cm³/mol. The molecule has 1 N–H and O–H groups in total. The fourth-order valence-electron chi connectivity index (χ4n) is 5.07. The van der Waals surface area contributed by atoms with Gasteiger partial charge in [-0.25, -0.2) is 5.01 Å². The first-order valence-electron chi connectivity index (χ1n) is 14.5. The molecule has 9 nitrogen and oxygen atoms in total. The van der Waals surface area contributed by atoms with Crippen LogP contribution >= 0.6 is 23.1 Å². The summed E-state index contributed by atoms with van der Waals surface area (Å²) in [5, 5.41) is 20.7. The second-order valence-electron chi connectivity index (χ2n) is 10.6. The van der Waals surface area contributed by atoms with Crippen molar-refractivity contribution in [3.63, 3.8) is 0 Å². The van der Waals surface area contributed by atoms with Gasteiger partial charge in [0, 0.05) is 6.42 Å². The molecule has 2 aromatic heterocycles. The molecule has 0 spiro atoms. The number of methoxy groups -OCH3 is 1. The minimum atomic E-state index is -0.221. The predicted octanol–water partition coefficient (Wildman–Crippen LogP) is 6.10. The van der Waals surface area contributed by atoms with Crippen LogP contribution in [-0.4, -0.2) is 50.2 Å². The van der Waals surface area contributed by atoms with E-state index in [9.17, 15) is 9.59 Å². The zero-order chi connectivity index (χ0) is 31.2. The number of hydrogen-bond acceptors (Lipinski definition) is 8. The van der Waals surface area contributed by atoms with Crippen molar-refractivity contribution < 1.29 is 14.3 Å². The Morgan fingerprint density at radius 3 is 2.47 bits per heavy atom. The minimum Gasteiger partial charge on any atom is -0.497 e. The van der Waals surface area contributed by atoms with Gasteiger partial charge in [0.1, 0.15) is 5.75 Å². The maximum absolute atomic E-state index is 13.8. The first-order chi connectivity index (χ1) is 22.0. The lowest BCUT2D eigenvalue weighted by molar-refractivity contribution is -0.130. The largest absolute Gasteiger partial charge is 0.497 e. The number of benzene rings is 3. The number of thioether (sulfide) groups is 1. The lowest BCUT2D eigenvalue weighted by Crippen LogP contribution is -2.28. The molecule has 0 saturated heterocycles. The Balaban J connectivity index is 1.22. The van der Waals surface area contributed by atoms with Gasteiger partial charge in [-0.2, -0.15) is 5.10 Å². The number of carbonyl (C=O) groups excluding carboxylic acids is 2. The standard InChI is InChI=1S/C34H32N6O3S2/c1-23-10-12-26(13-11-23)29-19-28(25-14-16-27(43-2)17-15-25)38-40(29)32(41)22-45-34-37-36-31(20-35-33(42)30-9-6-18-44-30)39(34)21-24-7-4-3-5-8-24/h3-18,29H,19-22H2,1-2H3,(H,35,42). The molecule has 1 aliphatic rings. The molecule has 11 heteroatoms. The van der Waals surface area contributed by atoms with E-state index < -0.39 is 0 Å². The Bertz CT molecular complexity index is 1790. The van der Waals surface area contributed by atoms with E-state index in [2.05, 4.69) is 39.8 Å². The van der Waals surface area contributed by atoms with Gasteiger partial charge in [-0.1, -0.05) is 78.0 Å². The van der Waals surface area contributed by atoms with Crippen LogP contribution in [0.25, 0.3) is 0 Å². The van der Waals surface area contributed by atoms with Crippen LogP contribution in [-0.2, 0) is 17.9 Å². The molecule has 1 aliphatic heterocycles. The zero-order valence-electron chi connectivity index (χ0n) is 24.9. The molecule has 0 saturated carbocycles. The van der Waals surface area contributed by atoms with E-state index in [1.165, 1.54) is 23.1 Å². The number of rotatable bonds is 11. The highest BCUT2D eigenvalue weighted by molar-refractivity contribution is 7.99. The van der Waals surface area contributed by atoms with Crippen LogP contribution in [0.4, 0.5) is 0 Å². The molecule has 1 unspecified atom stereocenters. The van der Waals surface area contributed by atoms with E-state index in [-0.39, 0.29) is 30.2 Å². The number of hydrogen-bond donors (Lipinski definition) is 1. The highest BCUT2D eigenvalue weighted by Gasteiger charge is 2.33. The summed E-state index contributed by atoms with van der Waals surface area (Å²) in [4.78, 5) is 27.1. The summed E-state index contributed by atoms with van der Waals surface area (Å²) in [6.45, 7) is 2.76. The molecule has 3 aromatic carbocycles. The van der Waals surface area contributed by atoms with Gasteiger partial charge in [0.25, 0.3) is 11.8 Å². The van der Waals surface area contributed by atoms with Gasteiger partial charge in [-0.3, -0.25) is 9.59 Å². The summed E-state index contributed by atoms with van der Waals surface area (Å²) in [6, 6.07) is 29.4. The fraction of sp³-hybridized carbons (Fsp3) is 0.206. The van der Waals surface area contributed by atoms with Crippen LogP contribution in [0.15, 0.2) is 107 Å². The van der Waals surface area contributed by atoms with Crippen LogP contribution in [0.3, 0.4) is 0 Å². The molecule has 45 heavy (non-hydrogen) atoms. The van der Waals surface area contributed by atoms with Gasteiger partial charge in [-0.05, 0) is 59.3 Å². The number of nitrogens with zero attached hydrogens (tertiary/aromatic N) is 5. The van der Waals surface area contributed by atoms with E-state index in [0.29, 0.717) is 28.8 Å². The monoisotopic (exact) mass is 636 g/mol. The minimum absolute atomic E-state index is 0.121. The summed E-state index contributed by atoms with van der Waals surface area (Å²) in [6.07, 6.45) is 0.601. The molecular formula is C34H32N6O3S2. The number of ether oxygens (including phenoxy) is 1. The lowest BCUT2D eigenvalue weighted by Gasteiger charge is -2.22. The quantitative estimate of drug-likeness (QED) is 0.176. The van der Waals surface area contributed by atoms with Crippen LogP contribution in [0, 0.1) is 6.92 Å². The molecule has 0 aliphatic carbocycles. The van der Waals surface area contributed by atoms with Crippen molar-refractivity contribution in [3.05, 3.63) is 129 Å². The maximum Gasteiger partial charge on any atom is 0.261 e. The van der Waals surface area contributed by atoms with Gasteiger partial charge < -0.3 is 14.6 Å². The Morgan fingerprint density at radius 2 is 1.76 bits per heavy atom. The van der Waals surface area contributed by atoms with Crippen molar-refractivity contribution in [1.29, 1.82) is 0 Å². The third-order valence-corrected chi connectivity index (χ3v) is 9.33. The summed E-state index contributed by atoms with van der Waals surface area (Å²) in [5.74, 6) is 1.20. The van der Waals surface area contributed by atoms with Gasteiger partial charge in [0.2, 0.25) is 0 Å². The maximum atomic E-state index is 13.8. The molecule has 0 radical (unpaired) electrons. The summed E-state index contributed by atoms with van der Waals surface area (Å²) < 4.78 is 7.27. The van der Waals surface area contributed by atoms with Crippen molar-refractivity contribution in [2.75, 3.05) is 12.9 Å². The first kappa shape index (κ1) is 30.3. The first-order valence-corrected chi connectivity index (χ1v) is 16.4. The summed E-state index contributed by atoms with van der Waals surface area (Å²) in [5.41, 5.74) is 5.04. The van der Waals surface area contributed by atoms with Crippen molar-refractivity contribution in [1.82, 2.24) is 25.1 Å². The third-order valence-electron chi connectivity index (χ3n) is 7.50. The van der Waals surface area contributed by atoms with Crippen LogP contribution < -0.4 is 10.1 Å². The normalized spacial score (nSPS) is 14.3. The second kappa shape index (κ2) is 13.9. The summed E-state index contributed by atoms with van der Waals surface area (Å²) >= 11 is 2.70. The lowest BCUT2D eigenvalue weighted by atomic mass is 9.97. The Morgan fingerprint density at radius 1 is 0.978 bits per heavy atom. The van der Waals surface area contributed by atoms with Crippen molar-refractivity contribution in [2.45, 2.75) is 37.6 Å². The zero-order valence-corrected chi connectivity index (χ0v) is 26.6. The molecule has 6 rings (SSSR count). The van der Waals surface area contributed by atoms with Gasteiger partial charge >= 0.3 is 0 Å². The van der Waals surface area contributed by atoms with E-state index in [1.54, 1.807) is 18.2 Å². The molecule has 3 heterocycles. The van der Waals surface area contributed by atoms with E-state index in [4.69, 9.17) is 9.84 Å². The van der Waals surface area contributed by atoms with Gasteiger partial charge in [0.15, 0.2) is 11.0 Å². The molecule has 0 bridgehead atoms. The molecule has 2 amide bonds. The van der Waals surface area contributed by atoms with Crippen molar-refractivity contribution in [2.24, 2.45) is 5.10 Å². The molecule has 1 atom stereocenters. The van der Waals surface area contributed by atoms with Crippen LogP contribution in [0.1, 0.15) is 50.2 Å². The van der Waals surface area contributed by atoms with Crippen LogP contribution in [0.5, 0.6) is 5.75 Å². The Hall–Kier alpha value is -4.74. The molecule has 5 aromatic rings. The average Bonchev–Trinajstić information content (AvgIpc) is 3.85. The number of aryl methyl sites for hydroxylation is 1. The van der Waals surface area contributed by atoms with Crippen LogP contribution in [0.2, 0.25) is 0 Å². The molecular weight excluding hydrogens is 605 g/mol. The highest BCUT2D eigenvalue weighted by atomic mass is 32.2.